The van der Waals surface area contributed by atoms with Crippen LogP contribution in [0.5, 0.6) is 0 Å². The summed E-state index contributed by atoms with van der Waals surface area (Å²) in [5, 5.41) is 6.18. The molecule has 0 radical (unpaired) electrons. The Balaban J connectivity index is 1.92. The summed E-state index contributed by atoms with van der Waals surface area (Å²) in [5.41, 5.74) is 1.43. The third-order valence-electron chi connectivity index (χ3n) is 4.41. The van der Waals surface area contributed by atoms with Crippen LogP contribution in [0.3, 0.4) is 0 Å². The lowest BCUT2D eigenvalue weighted by Gasteiger charge is -2.39. The summed E-state index contributed by atoms with van der Waals surface area (Å²) in [6.45, 7) is 8.15. The Morgan fingerprint density at radius 3 is 2.60 bits per heavy atom. The first kappa shape index (κ1) is 13.3. The normalized spacial score (nSPS) is 26.9. The van der Waals surface area contributed by atoms with E-state index in [1.807, 2.05) is 37.3 Å². The zero-order chi connectivity index (χ0) is 14.3. The van der Waals surface area contributed by atoms with E-state index < -0.39 is 5.41 Å². The number of hydrazone groups is 1. The topological polar surface area (TPSA) is 35.9 Å². The highest BCUT2D eigenvalue weighted by atomic mass is 16.2. The van der Waals surface area contributed by atoms with Crippen LogP contribution in [0.25, 0.3) is 0 Å². The standard InChI is InChI=1S/C16H21N3O/c1-12(2)18-10-9-14-16(3,11-18)15(20)19(17-14)13-7-5-4-6-8-13/h4-8,12H,9-11H2,1-3H3. The summed E-state index contributed by atoms with van der Waals surface area (Å²) in [6, 6.07) is 10.2. The van der Waals surface area contributed by atoms with Gasteiger partial charge < -0.3 is 0 Å². The van der Waals surface area contributed by atoms with Gasteiger partial charge in [-0.3, -0.25) is 9.69 Å². The lowest BCUT2D eigenvalue weighted by atomic mass is 9.79. The van der Waals surface area contributed by atoms with E-state index in [1.54, 1.807) is 5.01 Å². The molecule has 0 aromatic heterocycles. The molecule has 0 N–H and O–H groups in total. The highest BCUT2D eigenvalue weighted by Crippen LogP contribution is 2.37. The SMILES string of the molecule is CC(C)N1CCC2=NN(c3ccccc3)C(=O)C2(C)C1. The molecule has 2 aliphatic rings. The number of likely N-dealkylation sites (tertiary alicyclic amines) is 1. The minimum absolute atomic E-state index is 0.101. The highest BCUT2D eigenvalue weighted by molar-refractivity contribution is 6.19. The summed E-state index contributed by atoms with van der Waals surface area (Å²) in [6.07, 6.45) is 0.879. The molecule has 0 saturated carbocycles. The number of rotatable bonds is 2. The first-order valence-electron chi connectivity index (χ1n) is 7.24. The lowest BCUT2D eigenvalue weighted by Crippen LogP contribution is -2.53. The van der Waals surface area contributed by atoms with Gasteiger partial charge in [0.1, 0.15) is 5.41 Å². The van der Waals surface area contributed by atoms with Crippen LogP contribution in [0.1, 0.15) is 27.2 Å². The molecule has 4 nitrogen and oxygen atoms in total. The number of carbonyl (C=O) groups excluding carboxylic acids is 1. The molecule has 3 rings (SSSR count). The van der Waals surface area contributed by atoms with Crippen molar-refractivity contribution in [3.8, 4) is 0 Å². The smallest absolute Gasteiger partial charge is 0.260 e. The van der Waals surface area contributed by atoms with Crippen molar-refractivity contribution in [2.75, 3.05) is 18.1 Å². The minimum Gasteiger partial charge on any atom is -0.299 e. The van der Waals surface area contributed by atoms with Crippen molar-refractivity contribution in [3.05, 3.63) is 30.3 Å². The van der Waals surface area contributed by atoms with Gasteiger partial charge in [0.2, 0.25) is 0 Å². The molecule has 1 atom stereocenters. The summed E-state index contributed by atoms with van der Waals surface area (Å²) < 4.78 is 0. The van der Waals surface area contributed by atoms with Gasteiger partial charge in [-0.15, -0.1) is 0 Å². The molecule has 1 saturated heterocycles. The molecule has 2 aliphatic heterocycles. The van der Waals surface area contributed by atoms with Crippen molar-refractivity contribution in [2.45, 2.75) is 33.2 Å². The molecule has 1 aromatic rings. The van der Waals surface area contributed by atoms with Crippen molar-refractivity contribution in [1.29, 1.82) is 0 Å². The maximum absolute atomic E-state index is 12.8. The summed E-state index contributed by atoms with van der Waals surface area (Å²) in [4.78, 5) is 15.2. The van der Waals surface area contributed by atoms with Gasteiger partial charge in [-0.25, -0.2) is 0 Å². The van der Waals surface area contributed by atoms with Crippen LogP contribution in [-0.4, -0.2) is 35.7 Å². The summed E-state index contributed by atoms with van der Waals surface area (Å²) in [5.74, 6) is 0.101. The second-order valence-corrected chi connectivity index (χ2v) is 6.15. The van der Waals surface area contributed by atoms with Gasteiger partial charge in [-0.2, -0.15) is 10.1 Å². The molecular weight excluding hydrogens is 250 g/mol. The van der Waals surface area contributed by atoms with Crippen molar-refractivity contribution in [2.24, 2.45) is 10.5 Å². The van der Waals surface area contributed by atoms with Crippen LogP contribution < -0.4 is 5.01 Å². The number of carbonyl (C=O) groups is 1. The number of anilines is 1. The number of piperidine rings is 1. The fourth-order valence-corrected chi connectivity index (χ4v) is 3.04. The van der Waals surface area contributed by atoms with E-state index in [2.05, 4.69) is 23.8 Å². The number of amides is 1. The fourth-order valence-electron chi connectivity index (χ4n) is 3.04. The Labute approximate surface area is 120 Å². The van der Waals surface area contributed by atoms with E-state index >= 15 is 0 Å². The van der Waals surface area contributed by atoms with Crippen LogP contribution in [0.4, 0.5) is 5.69 Å². The van der Waals surface area contributed by atoms with E-state index in [-0.39, 0.29) is 5.91 Å². The van der Waals surface area contributed by atoms with Gasteiger partial charge >= 0.3 is 0 Å². The predicted molar refractivity (Wildman–Crippen MR) is 80.8 cm³/mol. The summed E-state index contributed by atoms with van der Waals surface area (Å²) in [7, 11) is 0. The first-order chi connectivity index (χ1) is 9.52. The van der Waals surface area contributed by atoms with Gasteiger partial charge in [0.05, 0.1) is 11.4 Å². The number of para-hydroxylation sites is 1. The maximum atomic E-state index is 12.8. The van der Waals surface area contributed by atoms with Crippen LogP contribution in [0.15, 0.2) is 35.4 Å². The van der Waals surface area contributed by atoms with E-state index in [9.17, 15) is 4.79 Å². The molecule has 2 heterocycles. The number of fused-ring (bicyclic) bond motifs is 1. The molecule has 1 amide bonds. The zero-order valence-electron chi connectivity index (χ0n) is 12.3. The van der Waals surface area contributed by atoms with Crippen molar-refractivity contribution < 1.29 is 4.79 Å². The minimum atomic E-state index is -0.460. The molecule has 106 valence electrons. The Morgan fingerprint density at radius 2 is 1.95 bits per heavy atom. The molecule has 0 aliphatic carbocycles. The Hall–Kier alpha value is -1.68. The monoisotopic (exact) mass is 271 g/mol. The summed E-state index contributed by atoms with van der Waals surface area (Å²) >= 11 is 0. The van der Waals surface area contributed by atoms with Gasteiger partial charge in [0.15, 0.2) is 0 Å². The average Bonchev–Trinajstić information content (AvgIpc) is 2.71. The molecule has 1 aromatic carbocycles. The predicted octanol–water partition coefficient (Wildman–Crippen LogP) is 2.51. The Bertz CT molecular complexity index is 552. The number of nitrogens with zero attached hydrogens (tertiary/aromatic N) is 3. The lowest BCUT2D eigenvalue weighted by molar-refractivity contribution is -0.124. The average molecular weight is 271 g/mol. The molecule has 1 fully saturated rings. The van der Waals surface area contributed by atoms with Gasteiger partial charge in [0, 0.05) is 25.6 Å². The Morgan fingerprint density at radius 1 is 1.25 bits per heavy atom. The number of hydrogen-bond donors (Lipinski definition) is 0. The van der Waals surface area contributed by atoms with Crippen molar-refractivity contribution >= 4 is 17.3 Å². The zero-order valence-corrected chi connectivity index (χ0v) is 12.3. The molecule has 1 unspecified atom stereocenters. The maximum Gasteiger partial charge on any atom is 0.260 e. The number of hydrogen-bond acceptors (Lipinski definition) is 3. The second-order valence-electron chi connectivity index (χ2n) is 6.15. The van der Waals surface area contributed by atoms with Crippen LogP contribution in [0.2, 0.25) is 0 Å². The largest absolute Gasteiger partial charge is 0.299 e. The van der Waals surface area contributed by atoms with Crippen LogP contribution in [-0.2, 0) is 4.79 Å². The van der Waals surface area contributed by atoms with Crippen molar-refractivity contribution in [1.82, 2.24) is 4.90 Å². The van der Waals surface area contributed by atoms with E-state index in [1.165, 1.54) is 0 Å². The highest BCUT2D eigenvalue weighted by Gasteiger charge is 2.50. The van der Waals surface area contributed by atoms with Crippen LogP contribution >= 0.6 is 0 Å². The molecule has 20 heavy (non-hydrogen) atoms. The third-order valence-corrected chi connectivity index (χ3v) is 4.41. The van der Waals surface area contributed by atoms with Gasteiger partial charge in [-0.05, 0) is 32.9 Å². The van der Waals surface area contributed by atoms with E-state index in [0.717, 1.165) is 30.9 Å². The molecule has 4 heteroatoms. The van der Waals surface area contributed by atoms with Gasteiger partial charge in [0.25, 0.3) is 5.91 Å². The quantitative estimate of drug-likeness (QED) is 0.828. The van der Waals surface area contributed by atoms with Crippen LogP contribution in [0, 0.1) is 5.41 Å². The second kappa shape index (κ2) is 4.70. The van der Waals surface area contributed by atoms with E-state index in [4.69, 9.17) is 0 Å². The van der Waals surface area contributed by atoms with Crippen molar-refractivity contribution in [3.63, 3.8) is 0 Å². The molecule has 0 bridgehead atoms. The number of benzene rings is 1. The molecule has 0 spiro atoms. The van der Waals surface area contributed by atoms with Gasteiger partial charge in [-0.1, -0.05) is 18.2 Å². The Kier molecular flexibility index (Phi) is 3.13. The fraction of sp³-hybridized carbons (Fsp3) is 0.500. The van der Waals surface area contributed by atoms with E-state index in [0.29, 0.717) is 6.04 Å². The third kappa shape index (κ3) is 1.95. The first-order valence-corrected chi connectivity index (χ1v) is 7.24. The molecular formula is C16H21N3O.